The molecule has 4 aliphatic rings. The van der Waals surface area contributed by atoms with Crippen LogP contribution in [0.3, 0.4) is 0 Å². The smallest absolute Gasteiger partial charge is 0.225 e. The minimum absolute atomic E-state index is 0.301. The van der Waals surface area contributed by atoms with Gasteiger partial charge in [-0.3, -0.25) is 4.79 Å². The second kappa shape index (κ2) is 5.57. The molecule has 2 saturated heterocycles. The van der Waals surface area contributed by atoms with Crippen LogP contribution in [-0.4, -0.2) is 48.4 Å². The molecule has 3 atom stereocenters. The van der Waals surface area contributed by atoms with E-state index in [-0.39, 0.29) is 0 Å². The van der Waals surface area contributed by atoms with Crippen LogP contribution in [-0.2, 0) is 16.6 Å². The lowest BCUT2D eigenvalue weighted by Gasteiger charge is -2.55. The lowest BCUT2D eigenvalue weighted by atomic mass is 9.56. The summed E-state index contributed by atoms with van der Waals surface area (Å²) in [6, 6.07) is 7.74. The molecule has 134 valence electrons. The van der Waals surface area contributed by atoms with Crippen molar-refractivity contribution in [2.24, 2.45) is 11.8 Å². The molecule has 2 aliphatic carbocycles. The molecule has 1 saturated carbocycles. The number of likely N-dealkylation sites (N-methyl/N-ethyl adjacent to an activating group) is 1. The fourth-order valence-electron chi connectivity index (χ4n) is 6.05. The molecule has 3 heteroatoms. The van der Waals surface area contributed by atoms with Gasteiger partial charge in [0.25, 0.3) is 0 Å². The molecule has 3 nitrogen and oxygen atoms in total. The summed E-state index contributed by atoms with van der Waals surface area (Å²) < 4.78 is 0. The Morgan fingerprint density at radius 2 is 2.04 bits per heavy atom. The molecule has 1 amide bonds. The van der Waals surface area contributed by atoms with Gasteiger partial charge in [-0.15, -0.1) is 0 Å². The highest BCUT2D eigenvalue weighted by atomic mass is 16.2. The van der Waals surface area contributed by atoms with Crippen LogP contribution in [0.5, 0.6) is 0 Å². The summed E-state index contributed by atoms with van der Waals surface area (Å²) in [4.78, 5) is 17.6. The van der Waals surface area contributed by atoms with E-state index >= 15 is 0 Å². The maximum atomic E-state index is 12.7. The maximum Gasteiger partial charge on any atom is 0.225 e. The molecule has 0 spiro atoms. The number of fused-ring (bicyclic) bond motifs is 1. The summed E-state index contributed by atoms with van der Waals surface area (Å²) in [5.74, 6) is 1.40. The van der Waals surface area contributed by atoms with E-state index in [2.05, 4.69) is 42.0 Å². The molecule has 0 N–H and O–H groups in total. The zero-order valence-electron chi connectivity index (χ0n) is 15.6. The van der Waals surface area contributed by atoms with E-state index in [4.69, 9.17) is 0 Å². The number of carbonyl (C=O) groups excluding carboxylic acids is 1. The first-order valence-corrected chi connectivity index (χ1v) is 10.2. The van der Waals surface area contributed by atoms with Crippen LogP contribution in [0, 0.1) is 18.8 Å². The van der Waals surface area contributed by atoms with E-state index in [0.29, 0.717) is 29.2 Å². The number of carbonyl (C=O) groups is 1. The van der Waals surface area contributed by atoms with Crippen molar-refractivity contribution in [1.29, 1.82) is 0 Å². The first kappa shape index (κ1) is 15.9. The zero-order chi connectivity index (χ0) is 17.2. The van der Waals surface area contributed by atoms with E-state index in [1.54, 1.807) is 11.1 Å². The third-order valence-corrected chi connectivity index (χ3v) is 7.59. The van der Waals surface area contributed by atoms with Gasteiger partial charge in [-0.05, 0) is 70.2 Å². The van der Waals surface area contributed by atoms with Crippen molar-refractivity contribution in [2.75, 3.05) is 26.7 Å². The van der Waals surface area contributed by atoms with Crippen molar-refractivity contribution in [2.45, 2.75) is 56.9 Å². The normalized spacial score (nSPS) is 34.9. The average Bonchev–Trinajstić information content (AvgIpc) is 3.45. The third kappa shape index (κ3) is 2.38. The van der Waals surface area contributed by atoms with Crippen LogP contribution in [0.2, 0.25) is 0 Å². The van der Waals surface area contributed by atoms with Gasteiger partial charge < -0.3 is 9.80 Å². The molecule has 1 aromatic carbocycles. The van der Waals surface area contributed by atoms with Gasteiger partial charge in [0.05, 0.1) is 0 Å². The number of rotatable bonds is 1. The molecular weight excluding hydrogens is 308 g/mol. The molecule has 2 heterocycles. The van der Waals surface area contributed by atoms with Crippen LogP contribution in [0.15, 0.2) is 18.2 Å². The Morgan fingerprint density at radius 3 is 2.84 bits per heavy atom. The van der Waals surface area contributed by atoms with Gasteiger partial charge in [0, 0.05) is 36.4 Å². The van der Waals surface area contributed by atoms with Crippen molar-refractivity contribution in [3.63, 3.8) is 0 Å². The van der Waals surface area contributed by atoms with Gasteiger partial charge in [-0.1, -0.05) is 23.8 Å². The summed E-state index contributed by atoms with van der Waals surface area (Å²) in [6.45, 7) is 5.38. The number of amides is 1. The minimum atomic E-state index is 0.301. The Bertz CT molecular complexity index is 710. The Labute approximate surface area is 151 Å². The lowest BCUT2D eigenvalue weighted by Crippen LogP contribution is -2.60. The number of aryl methyl sites for hydroxylation is 1. The SMILES string of the molecule is Cc1ccc2c(c1)[C@]13CCCN(C)[C@H](C2)[C@@H]1CN(C(=O)C1CC1)CC3. The number of hydrogen-bond acceptors (Lipinski definition) is 2. The van der Waals surface area contributed by atoms with Gasteiger partial charge >= 0.3 is 0 Å². The Kier molecular flexibility index (Phi) is 3.54. The van der Waals surface area contributed by atoms with Gasteiger partial charge in [0.2, 0.25) is 5.91 Å². The molecule has 0 radical (unpaired) electrons. The standard InChI is InChI=1S/C22H30N2O/c1-15-4-5-17-13-20-19-14-24(21(25)16-6-7-16)11-9-22(19,18(17)12-15)8-3-10-23(20)2/h4-5,12,16,19-20H,3,6-11,13-14H2,1-2H3/t19-,20+,22+/m0/s1. The van der Waals surface area contributed by atoms with Gasteiger partial charge in [-0.2, -0.15) is 0 Å². The molecule has 2 bridgehead atoms. The quantitative estimate of drug-likeness (QED) is 0.785. The van der Waals surface area contributed by atoms with Crippen LogP contribution >= 0.6 is 0 Å². The van der Waals surface area contributed by atoms with Gasteiger partial charge in [0.1, 0.15) is 0 Å². The monoisotopic (exact) mass is 338 g/mol. The van der Waals surface area contributed by atoms with Crippen LogP contribution < -0.4 is 0 Å². The van der Waals surface area contributed by atoms with Crippen molar-refractivity contribution in [3.8, 4) is 0 Å². The lowest BCUT2D eigenvalue weighted by molar-refractivity contribution is -0.136. The number of hydrogen-bond donors (Lipinski definition) is 0. The maximum absolute atomic E-state index is 12.7. The molecule has 2 aliphatic heterocycles. The fourth-order valence-corrected chi connectivity index (χ4v) is 6.05. The third-order valence-electron chi connectivity index (χ3n) is 7.59. The Hall–Kier alpha value is -1.35. The summed E-state index contributed by atoms with van der Waals surface area (Å²) in [6.07, 6.45) is 7.14. The van der Waals surface area contributed by atoms with Crippen molar-refractivity contribution < 1.29 is 4.79 Å². The second-order valence-electron chi connectivity index (χ2n) is 9.09. The van der Waals surface area contributed by atoms with Crippen LogP contribution in [0.25, 0.3) is 0 Å². The zero-order valence-corrected chi connectivity index (χ0v) is 15.6. The summed E-state index contributed by atoms with van der Waals surface area (Å²) in [5.41, 5.74) is 4.89. The van der Waals surface area contributed by atoms with E-state index in [9.17, 15) is 4.79 Å². The molecule has 0 unspecified atom stereocenters. The van der Waals surface area contributed by atoms with E-state index in [0.717, 1.165) is 38.8 Å². The van der Waals surface area contributed by atoms with Crippen LogP contribution in [0.1, 0.15) is 48.8 Å². The number of likely N-dealkylation sites (tertiary alicyclic amines) is 2. The fraction of sp³-hybridized carbons (Fsp3) is 0.682. The largest absolute Gasteiger partial charge is 0.342 e. The number of nitrogens with zero attached hydrogens (tertiary/aromatic N) is 2. The minimum Gasteiger partial charge on any atom is -0.342 e. The first-order valence-electron chi connectivity index (χ1n) is 10.2. The van der Waals surface area contributed by atoms with Gasteiger partial charge in [-0.25, -0.2) is 0 Å². The number of benzene rings is 1. The summed E-state index contributed by atoms with van der Waals surface area (Å²) in [7, 11) is 2.31. The first-order chi connectivity index (χ1) is 12.1. The predicted molar refractivity (Wildman–Crippen MR) is 99.6 cm³/mol. The van der Waals surface area contributed by atoms with Crippen LogP contribution in [0.4, 0.5) is 0 Å². The number of piperidine rings is 1. The molecule has 1 aromatic rings. The van der Waals surface area contributed by atoms with E-state index < -0.39 is 0 Å². The van der Waals surface area contributed by atoms with Gasteiger partial charge in [0.15, 0.2) is 0 Å². The van der Waals surface area contributed by atoms with E-state index in [1.165, 1.54) is 24.9 Å². The predicted octanol–water partition coefficient (Wildman–Crippen LogP) is 3.14. The molecule has 3 fully saturated rings. The topological polar surface area (TPSA) is 23.6 Å². The van der Waals surface area contributed by atoms with Crippen molar-refractivity contribution in [1.82, 2.24) is 9.80 Å². The molecule has 0 aromatic heterocycles. The Balaban J connectivity index is 1.57. The van der Waals surface area contributed by atoms with Crippen molar-refractivity contribution in [3.05, 3.63) is 34.9 Å². The second-order valence-corrected chi connectivity index (χ2v) is 9.09. The molecule has 5 rings (SSSR count). The highest BCUT2D eigenvalue weighted by Crippen LogP contribution is 2.53. The van der Waals surface area contributed by atoms with Crippen molar-refractivity contribution >= 4 is 5.91 Å². The summed E-state index contributed by atoms with van der Waals surface area (Å²) >= 11 is 0. The Morgan fingerprint density at radius 1 is 1.20 bits per heavy atom. The highest BCUT2D eigenvalue weighted by Gasteiger charge is 2.54. The summed E-state index contributed by atoms with van der Waals surface area (Å²) in [5, 5.41) is 0. The highest BCUT2D eigenvalue weighted by molar-refractivity contribution is 5.81. The molecular formula is C22H30N2O. The van der Waals surface area contributed by atoms with E-state index in [1.807, 2.05) is 0 Å². The average molecular weight is 338 g/mol. The molecule has 25 heavy (non-hydrogen) atoms.